The Morgan fingerprint density at radius 3 is 3.00 bits per heavy atom. The molecule has 5 heteroatoms. The summed E-state index contributed by atoms with van der Waals surface area (Å²) in [5, 5.41) is 3.39. The van der Waals surface area contributed by atoms with Crippen molar-refractivity contribution in [2.24, 2.45) is 10.4 Å². The molecule has 2 heterocycles. The van der Waals surface area contributed by atoms with E-state index in [1.165, 1.54) is 12.8 Å². The summed E-state index contributed by atoms with van der Waals surface area (Å²) < 4.78 is 10.9. The van der Waals surface area contributed by atoms with Crippen LogP contribution in [0, 0.1) is 5.41 Å². The van der Waals surface area contributed by atoms with Crippen LogP contribution in [0.2, 0.25) is 0 Å². The molecular formula is C14H27N3O2. The van der Waals surface area contributed by atoms with Gasteiger partial charge in [0.2, 0.25) is 0 Å². The first-order valence-electron chi connectivity index (χ1n) is 7.48. The lowest BCUT2D eigenvalue weighted by Crippen LogP contribution is -2.41. The Hall–Kier alpha value is -0.810. The van der Waals surface area contributed by atoms with Gasteiger partial charge in [0.25, 0.3) is 0 Å². The van der Waals surface area contributed by atoms with E-state index in [9.17, 15) is 0 Å². The zero-order valence-corrected chi connectivity index (χ0v) is 12.3. The Kier molecular flexibility index (Phi) is 5.45. The molecule has 2 aliphatic rings. The van der Waals surface area contributed by atoms with Gasteiger partial charge < -0.3 is 19.7 Å². The van der Waals surface area contributed by atoms with Crippen molar-refractivity contribution in [3.8, 4) is 0 Å². The van der Waals surface area contributed by atoms with Crippen LogP contribution < -0.4 is 5.32 Å². The van der Waals surface area contributed by atoms with Crippen molar-refractivity contribution in [1.29, 1.82) is 0 Å². The summed E-state index contributed by atoms with van der Waals surface area (Å²) in [5.41, 5.74) is 0.385. The SMILES string of the molecule is CCNC(=NCCOCC)N1CCC2(CCOC2)C1. The summed E-state index contributed by atoms with van der Waals surface area (Å²) in [4.78, 5) is 7.03. The molecule has 0 amide bonds. The molecule has 19 heavy (non-hydrogen) atoms. The van der Waals surface area contributed by atoms with Crippen molar-refractivity contribution in [3.63, 3.8) is 0 Å². The van der Waals surface area contributed by atoms with Crippen LogP contribution >= 0.6 is 0 Å². The van der Waals surface area contributed by atoms with Crippen LogP contribution in [0.5, 0.6) is 0 Å². The van der Waals surface area contributed by atoms with E-state index in [1.807, 2.05) is 6.92 Å². The fourth-order valence-corrected chi connectivity index (χ4v) is 2.87. The molecule has 2 saturated heterocycles. The summed E-state index contributed by atoms with van der Waals surface area (Å²) in [7, 11) is 0. The van der Waals surface area contributed by atoms with Crippen molar-refractivity contribution in [3.05, 3.63) is 0 Å². The largest absolute Gasteiger partial charge is 0.381 e. The first-order valence-corrected chi connectivity index (χ1v) is 7.48. The lowest BCUT2D eigenvalue weighted by Gasteiger charge is -2.24. The van der Waals surface area contributed by atoms with E-state index in [1.54, 1.807) is 0 Å². The van der Waals surface area contributed by atoms with E-state index in [0.29, 0.717) is 12.0 Å². The minimum atomic E-state index is 0.385. The number of guanidine groups is 1. The number of aliphatic imine (C=N–C) groups is 1. The molecule has 0 aliphatic carbocycles. The Balaban J connectivity index is 1.88. The van der Waals surface area contributed by atoms with Gasteiger partial charge in [0.15, 0.2) is 5.96 Å². The van der Waals surface area contributed by atoms with E-state index in [0.717, 1.165) is 52.0 Å². The van der Waals surface area contributed by atoms with Crippen LogP contribution in [0.15, 0.2) is 4.99 Å². The fourth-order valence-electron chi connectivity index (χ4n) is 2.87. The number of nitrogens with zero attached hydrogens (tertiary/aromatic N) is 2. The first-order chi connectivity index (χ1) is 9.29. The monoisotopic (exact) mass is 269 g/mol. The van der Waals surface area contributed by atoms with Crippen molar-refractivity contribution < 1.29 is 9.47 Å². The summed E-state index contributed by atoms with van der Waals surface area (Å²) in [6, 6.07) is 0. The highest BCUT2D eigenvalue weighted by molar-refractivity contribution is 5.80. The van der Waals surface area contributed by atoms with E-state index in [4.69, 9.17) is 9.47 Å². The van der Waals surface area contributed by atoms with Gasteiger partial charge in [-0.15, -0.1) is 0 Å². The molecule has 1 unspecified atom stereocenters. The Labute approximate surface area is 116 Å². The predicted molar refractivity (Wildman–Crippen MR) is 76.5 cm³/mol. The zero-order chi connectivity index (χ0) is 13.6. The molecule has 2 aliphatic heterocycles. The molecule has 1 spiro atoms. The second-order valence-corrected chi connectivity index (χ2v) is 5.41. The first kappa shape index (κ1) is 14.6. The lowest BCUT2D eigenvalue weighted by molar-refractivity contribution is 0.154. The van der Waals surface area contributed by atoms with E-state index < -0.39 is 0 Å². The second-order valence-electron chi connectivity index (χ2n) is 5.41. The molecule has 0 radical (unpaired) electrons. The molecular weight excluding hydrogens is 242 g/mol. The Morgan fingerprint density at radius 1 is 1.42 bits per heavy atom. The number of likely N-dealkylation sites (tertiary alicyclic amines) is 1. The Bertz CT molecular complexity index is 301. The van der Waals surface area contributed by atoms with Gasteiger partial charge in [0.1, 0.15) is 0 Å². The quantitative estimate of drug-likeness (QED) is 0.461. The molecule has 0 aromatic carbocycles. The number of hydrogen-bond acceptors (Lipinski definition) is 3. The van der Waals surface area contributed by atoms with Crippen LogP contribution in [0.1, 0.15) is 26.7 Å². The third-order valence-electron chi connectivity index (χ3n) is 3.96. The Morgan fingerprint density at radius 2 is 2.32 bits per heavy atom. The van der Waals surface area contributed by atoms with Crippen molar-refractivity contribution in [1.82, 2.24) is 10.2 Å². The van der Waals surface area contributed by atoms with E-state index >= 15 is 0 Å². The van der Waals surface area contributed by atoms with Crippen molar-refractivity contribution in [2.45, 2.75) is 26.7 Å². The van der Waals surface area contributed by atoms with Crippen LogP contribution in [0.4, 0.5) is 0 Å². The van der Waals surface area contributed by atoms with Gasteiger partial charge in [-0.25, -0.2) is 0 Å². The molecule has 0 aromatic heterocycles. The zero-order valence-electron chi connectivity index (χ0n) is 12.3. The highest BCUT2D eigenvalue weighted by Crippen LogP contribution is 2.38. The summed E-state index contributed by atoms with van der Waals surface area (Å²) in [6.07, 6.45) is 2.42. The lowest BCUT2D eigenvalue weighted by atomic mass is 9.87. The third kappa shape index (κ3) is 3.83. The number of ether oxygens (including phenoxy) is 2. The summed E-state index contributed by atoms with van der Waals surface area (Å²) in [6.45, 7) is 11.2. The highest BCUT2D eigenvalue weighted by Gasteiger charge is 2.42. The minimum absolute atomic E-state index is 0.385. The van der Waals surface area contributed by atoms with Crippen LogP contribution in [-0.2, 0) is 9.47 Å². The number of rotatable bonds is 5. The fraction of sp³-hybridized carbons (Fsp3) is 0.929. The summed E-state index contributed by atoms with van der Waals surface area (Å²) >= 11 is 0. The molecule has 2 fully saturated rings. The average Bonchev–Trinajstić information content (AvgIpc) is 3.04. The normalized spacial score (nSPS) is 27.5. The van der Waals surface area contributed by atoms with E-state index in [2.05, 4.69) is 22.1 Å². The smallest absolute Gasteiger partial charge is 0.194 e. The van der Waals surface area contributed by atoms with Crippen molar-refractivity contribution in [2.75, 3.05) is 52.6 Å². The molecule has 0 bridgehead atoms. The van der Waals surface area contributed by atoms with Gasteiger partial charge in [-0.3, -0.25) is 4.99 Å². The molecule has 1 atom stereocenters. The topological polar surface area (TPSA) is 46.1 Å². The van der Waals surface area contributed by atoms with Gasteiger partial charge in [-0.1, -0.05) is 0 Å². The molecule has 1 N–H and O–H groups in total. The van der Waals surface area contributed by atoms with Crippen LogP contribution in [0.25, 0.3) is 0 Å². The molecule has 0 saturated carbocycles. The number of hydrogen-bond donors (Lipinski definition) is 1. The maximum atomic E-state index is 5.58. The van der Waals surface area contributed by atoms with E-state index in [-0.39, 0.29) is 0 Å². The van der Waals surface area contributed by atoms with Crippen LogP contribution in [0.3, 0.4) is 0 Å². The third-order valence-corrected chi connectivity index (χ3v) is 3.96. The standard InChI is InChI=1S/C14H27N3O2/c1-3-15-13(16-7-10-18-4-2)17-8-5-14(11-17)6-9-19-12-14/h3-12H2,1-2H3,(H,15,16). The average molecular weight is 269 g/mol. The maximum Gasteiger partial charge on any atom is 0.194 e. The maximum absolute atomic E-state index is 5.58. The van der Waals surface area contributed by atoms with Crippen molar-refractivity contribution >= 4 is 5.96 Å². The molecule has 5 nitrogen and oxygen atoms in total. The van der Waals surface area contributed by atoms with Gasteiger partial charge in [-0.2, -0.15) is 0 Å². The molecule has 0 aromatic rings. The second kappa shape index (κ2) is 7.10. The molecule has 110 valence electrons. The minimum Gasteiger partial charge on any atom is -0.381 e. The highest BCUT2D eigenvalue weighted by atomic mass is 16.5. The summed E-state index contributed by atoms with van der Waals surface area (Å²) in [5.74, 6) is 1.03. The van der Waals surface area contributed by atoms with Gasteiger partial charge in [0.05, 0.1) is 19.8 Å². The predicted octanol–water partition coefficient (Wildman–Crippen LogP) is 1.10. The number of nitrogens with one attached hydrogen (secondary N) is 1. The van der Waals surface area contributed by atoms with Crippen LogP contribution in [-0.4, -0.2) is 63.5 Å². The van der Waals surface area contributed by atoms with Gasteiger partial charge >= 0.3 is 0 Å². The van der Waals surface area contributed by atoms with Gasteiger partial charge in [0, 0.05) is 38.3 Å². The molecule has 2 rings (SSSR count). The van der Waals surface area contributed by atoms with Gasteiger partial charge in [-0.05, 0) is 26.7 Å².